The lowest BCUT2D eigenvalue weighted by Crippen LogP contribution is -2.32. The normalized spacial score (nSPS) is 11.9. The topological polar surface area (TPSA) is 67.4 Å². The second kappa shape index (κ2) is 9.63. The summed E-state index contributed by atoms with van der Waals surface area (Å²) in [6, 6.07) is 7.81. The summed E-state index contributed by atoms with van der Waals surface area (Å²) in [4.78, 5) is 24.5. The maximum atomic E-state index is 12.5. The van der Waals surface area contributed by atoms with E-state index in [2.05, 4.69) is 31.3 Å². The molecule has 1 aromatic carbocycles. The molecule has 0 radical (unpaired) electrons. The molecular weight excluding hydrogens is 430 g/mol. The molecule has 1 heterocycles. The molecule has 1 aromatic heterocycles. The van der Waals surface area contributed by atoms with Crippen molar-refractivity contribution in [2.45, 2.75) is 32.5 Å². The molecule has 140 valence electrons. The minimum Gasteiger partial charge on any atom is -0.434 e. The molecule has 0 aliphatic heterocycles. The van der Waals surface area contributed by atoms with Gasteiger partial charge in [-0.1, -0.05) is 22.0 Å². The van der Waals surface area contributed by atoms with Gasteiger partial charge in [0.1, 0.15) is 5.75 Å². The summed E-state index contributed by atoms with van der Waals surface area (Å²) in [7, 11) is 0. The van der Waals surface area contributed by atoms with Gasteiger partial charge in [0.05, 0.1) is 12.5 Å². The third-order valence-corrected chi connectivity index (χ3v) is 4.85. The van der Waals surface area contributed by atoms with Gasteiger partial charge in [-0.25, -0.2) is 0 Å². The van der Waals surface area contributed by atoms with Crippen molar-refractivity contribution in [3.8, 4) is 5.75 Å². The number of hydrogen-bond donors (Lipinski definition) is 2. The number of thiophene rings is 1. The fraction of sp³-hybridized carbons (Fsp3) is 0.294. The van der Waals surface area contributed by atoms with Gasteiger partial charge in [0, 0.05) is 28.4 Å². The Morgan fingerprint density at radius 1 is 1.31 bits per heavy atom. The van der Waals surface area contributed by atoms with Crippen molar-refractivity contribution in [2.75, 3.05) is 0 Å². The van der Waals surface area contributed by atoms with Crippen LogP contribution in [0.25, 0.3) is 0 Å². The molecule has 5 nitrogen and oxygen atoms in total. The molecule has 2 aromatic rings. The minimum absolute atomic E-state index is 0.000155. The van der Waals surface area contributed by atoms with Crippen LogP contribution in [0.1, 0.15) is 29.8 Å². The van der Waals surface area contributed by atoms with Crippen LogP contribution in [0.2, 0.25) is 0 Å². The predicted molar refractivity (Wildman–Crippen MR) is 98.1 cm³/mol. The van der Waals surface area contributed by atoms with Crippen LogP contribution in [0.15, 0.2) is 40.2 Å². The molecule has 0 fully saturated rings. The molecule has 26 heavy (non-hydrogen) atoms. The first-order valence-electron chi connectivity index (χ1n) is 7.65. The third kappa shape index (κ3) is 6.38. The highest BCUT2D eigenvalue weighted by Gasteiger charge is 2.18. The molecule has 0 spiro atoms. The molecule has 9 heteroatoms. The van der Waals surface area contributed by atoms with Crippen LogP contribution in [-0.4, -0.2) is 18.4 Å². The van der Waals surface area contributed by atoms with Crippen molar-refractivity contribution in [1.82, 2.24) is 10.6 Å². The van der Waals surface area contributed by atoms with Gasteiger partial charge in [0.25, 0.3) is 0 Å². The molecule has 0 bridgehead atoms. The summed E-state index contributed by atoms with van der Waals surface area (Å²) < 4.78 is 30.1. The fourth-order valence-electron chi connectivity index (χ4n) is 2.31. The van der Waals surface area contributed by atoms with Crippen molar-refractivity contribution in [1.29, 1.82) is 0 Å². The van der Waals surface area contributed by atoms with E-state index in [0.29, 0.717) is 10.0 Å². The van der Waals surface area contributed by atoms with Gasteiger partial charge in [-0.15, -0.1) is 11.3 Å². The maximum Gasteiger partial charge on any atom is 0.387 e. The van der Waals surface area contributed by atoms with E-state index < -0.39 is 12.7 Å². The number of hydrogen-bond acceptors (Lipinski definition) is 4. The van der Waals surface area contributed by atoms with Crippen LogP contribution < -0.4 is 15.4 Å². The Balaban J connectivity index is 2.01. The molecule has 0 aliphatic carbocycles. The van der Waals surface area contributed by atoms with Crippen LogP contribution in [0.4, 0.5) is 8.78 Å². The van der Waals surface area contributed by atoms with E-state index in [9.17, 15) is 18.4 Å². The van der Waals surface area contributed by atoms with Gasteiger partial charge in [0.2, 0.25) is 11.8 Å². The summed E-state index contributed by atoms with van der Waals surface area (Å²) >= 11 is 4.70. The average molecular weight is 447 g/mol. The SMILES string of the molecule is CC(=O)NC(CC(=O)NCc1cc(Br)ccc1OC(F)F)c1cccs1. The summed E-state index contributed by atoms with van der Waals surface area (Å²) in [5.74, 6) is -0.559. The van der Waals surface area contributed by atoms with Crippen LogP contribution in [-0.2, 0) is 16.1 Å². The lowest BCUT2D eigenvalue weighted by Gasteiger charge is -2.17. The molecule has 0 saturated carbocycles. The Bertz CT molecular complexity index is 756. The van der Waals surface area contributed by atoms with Crippen molar-refractivity contribution in [3.05, 3.63) is 50.6 Å². The van der Waals surface area contributed by atoms with E-state index in [-0.39, 0.29) is 30.5 Å². The predicted octanol–water partition coefficient (Wildman–Crippen LogP) is 4.00. The molecule has 2 rings (SSSR count). The van der Waals surface area contributed by atoms with Crippen LogP contribution in [0.5, 0.6) is 5.75 Å². The minimum atomic E-state index is -2.95. The first-order chi connectivity index (χ1) is 12.3. The Kier molecular flexibility index (Phi) is 7.52. The first kappa shape index (κ1) is 20.3. The number of carbonyl (C=O) groups is 2. The third-order valence-electron chi connectivity index (χ3n) is 3.37. The molecule has 2 amide bonds. The van der Waals surface area contributed by atoms with Crippen LogP contribution >= 0.6 is 27.3 Å². The highest BCUT2D eigenvalue weighted by atomic mass is 79.9. The molecule has 0 aliphatic rings. The quantitative estimate of drug-likeness (QED) is 0.643. The molecule has 1 atom stereocenters. The molecule has 2 N–H and O–H groups in total. The summed E-state index contributed by atoms with van der Waals surface area (Å²) in [6.45, 7) is -1.54. The van der Waals surface area contributed by atoms with E-state index in [0.717, 1.165) is 4.88 Å². The van der Waals surface area contributed by atoms with Crippen molar-refractivity contribution >= 4 is 39.1 Å². The van der Waals surface area contributed by atoms with Gasteiger partial charge in [-0.2, -0.15) is 8.78 Å². The molecule has 1 unspecified atom stereocenters. The summed E-state index contributed by atoms with van der Waals surface area (Å²) in [5.41, 5.74) is 0.417. The number of nitrogens with one attached hydrogen (secondary N) is 2. The first-order valence-corrected chi connectivity index (χ1v) is 9.33. The maximum absolute atomic E-state index is 12.5. The molecular formula is C17H17BrF2N2O3S. The number of benzene rings is 1. The molecule has 0 saturated heterocycles. The Labute approximate surface area is 161 Å². The van der Waals surface area contributed by atoms with E-state index in [1.165, 1.54) is 24.3 Å². The number of ether oxygens (including phenoxy) is 1. The average Bonchev–Trinajstić information content (AvgIpc) is 3.08. The van der Waals surface area contributed by atoms with E-state index in [1.54, 1.807) is 12.1 Å². The Morgan fingerprint density at radius 2 is 2.08 bits per heavy atom. The van der Waals surface area contributed by atoms with Gasteiger partial charge in [0.15, 0.2) is 0 Å². The van der Waals surface area contributed by atoms with E-state index >= 15 is 0 Å². The van der Waals surface area contributed by atoms with Crippen molar-refractivity contribution in [2.24, 2.45) is 0 Å². The zero-order chi connectivity index (χ0) is 19.1. The highest BCUT2D eigenvalue weighted by molar-refractivity contribution is 9.10. The highest BCUT2D eigenvalue weighted by Crippen LogP contribution is 2.25. The van der Waals surface area contributed by atoms with E-state index in [1.807, 2.05) is 17.5 Å². The van der Waals surface area contributed by atoms with Gasteiger partial charge in [-0.3, -0.25) is 9.59 Å². The second-order valence-corrected chi connectivity index (χ2v) is 7.27. The number of rotatable bonds is 8. The monoisotopic (exact) mass is 446 g/mol. The van der Waals surface area contributed by atoms with Crippen LogP contribution in [0.3, 0.4) is 0 Å². The largest absolute Gasteiger partial charge is 0.434 e. The smallest absolute Gasteiger partial charge is 0.387 e. The van der Waals surface area contributed by atoms with E-state index in [4.69, 9.17) is 0 Å². The lowest BCUT2D eigenvalue weighted by atomic mass is 10.1. The zero-order valence-electron chi connectivity index (χ0n) is 13.8. The lowest BCUT2D eigenvalue weighted by molar-refractivity contribution is -0.122. The van der Waals surface area contributed by atoms with Crippen LogP contribution in [0, 0.1) is 0 Å². The zero-order valence-corrected chi connectivity index (χ0v) is 16.2. The fourth-order valence-corrected chi connectivity index (χ4v) is 3.49. The number of alkyl halides is 2. The second-order valence-electron chi connectivity index (χ2n) is 5.38. The van der Waals surface area contributed by atoms with Crippen molar-refractivity contribution in [3.63, 3.8) is 0 Å². The Morgan fingerprint density at radius 3 is 2.69 bits per heavy atom. The van der Waals surface area contributed by atoms with Crippen molar-refractivity contribution < 1.29 is 23.1 Å². The number of halogens is 3. The number of carbonyl (C=O) groups excluding carboxylic acids is 2. The summed E-state index contributed by atoms with van der Waals surface area (Å²) in [6.07, 6.45) is 0.0408. The standard InChI is InChI=1S/C17H17BrF2N2O3S/c1-10(23)22-13(15-3-2-6-26-15)8-16(24)21-9-11-7-12(18)4-5-14(11)25-17(19)20/h2-7,13,17H,8-9H2,1H3,(H,21,24)(H,22,23). The van der Waals surface area contributed by atoms with Gasteiger partial charge >= 0.3 is 6.61 Å². The Hall–Kier alpha value is -2.00. The number of amides is 2. The summed E-state index contributed by atoms with van der Waals surface area (Å²) in [5, 5.41) is 7.27. The van der Waals surface area contributed by atoms with Gasteiger partial charge < -0.3 is 15.4 Å². The van der Waals surface area contributed by atoms with Gasteiger partial charge in [-0.05, 0) is 29.6 Å².